The Morgan fingerprint density at radius 3 is 2.26 bits per heavy atom. The number of benzene rings is 2. The number of carbonyl (C=O) groups excluding carboxylic acids is 2. The highest BCUT2D eigenvalue weighted by Crippen LogP contribution is 2.28. The number of rotatable bonds is 7. The molecule has 0 unspecified atom stereocenters. The number of ether oxygens (including phenoxy) is 2. The fourth-order valence-corrected chi connectivity index (χ4v) is 3.60. The van der Waals surface area contributed by atoms with Gasteiger partial charge in [0.1, 0.15) is 17.1 Å². The lowest BCUT2D eigenvalue weighted by Crippen LogP contribution is -2.34. The van der Waals surface area contributed by atoms with E-state index in [0.717, 1.165) is 16.3 Å². The van der Waals surface area contributed by atoms with Crippen molar-refractivity contribution in [3.05, 3.63) is 76.9 Å². The van der Waals surface area contributed by atoms with Gasteiger partial charge in [-0.25, -0.2) is 9.78 Å². The van der Waals surface area contributed by atoms with Crippen LogP contribution < -0.4 is 20.1 Å². The van der Waals surface area contributed by atoms with Gasteiger partial charge in [-0.2, -0.15) is 0 Å². The second-order valence-electron chi connectivity index (χ2n) is 6.25. The predicted octanol–water partition coefficient (Wildman–Crippen LogP) is 5.01. The number of nitrogens with zero attached hydrogens (tertiary/aromatic N) is 1. The number of carbonyl (C=O) groups is 2. The molecule has 1 aromatic heterocycles. The van der Waals surface area contributed by atoms with Gasteiger partial charge in [0.15, 0.2) is 0 Å². The van der Waals surface area contributed by atoms with Crippen LogP contribution in [-0.2, 0) is 5.75 Å². The van der Waals surface area contributed by atoms with E-state index >= 15 is 0 Å². The molecule has 1 heterocycles. The van der Waals surface area contributed by atoms with Crippen molar-refractivity contribution >= 4 is 41.0 Å². The molecule has 0 bridgehead atoms. The molecular formula is C22H20ClN3O4S. The minimum absolute atomic E-state index is 0.134. The van der Waals surface area contributed by atoms with E-state index in [2.05, 4.69) is 15.6 Å². The van der Waals surface area contributed by atoms with Gasteiger partial charge in [0.2, 0.25) is 0 Å². The molecule has 0 radical (unpaired) electrons. The lowest BCUT2D eigenvalue weighted by atomic mass is 10.1. The highest BCUT2D eigenvalue weighted by Gasteiger charge is 2.20. The van der Waals surface area contributed by atoms with Crippen LogP contribution in [0.4, 0.5) is 10.5 Å². The Kier molecular flexibility index (Phi) is 7.75. The summed E-state index contributed by atoms with van der Waals surface area (Å²) >= 11 is 7.45. The van der Waals surface area contributed by atoms with Crippen molar-refractivity contribution < 1.29 is 19.1 Å². The third-order valence-electron chi connectivity index (χ3n) is 4.18. The average molecular weight is 458 g/mol. The quantitative estimate of drug-likeness (QED) is 0.485. The average Bonchev–Trinajstić information content (AvgIpc) is 2.78. The van der Waals surface area contributed by atoms with Crippen LogP contribution in [0.3, 0.4) is 0 Å². The number of hydrogen-bond donors (Lipinski definition) is 2. The number of hydrogen-bond acceptors (Lipinski definition) is 6. The third-order valence-corrected chi connectivity index (χ3v) is 5.44. The summed E-state index contributed by atoms with van der Waals surface area (Å²) in [7, 11) is 2.87. The fraction of sp³-hybridized carbons (Fsp3) is 0.136. The SMILES string of the molecule is COc1cccc(OC)c1C(=O)NC(=O)Nc1ccc(SCc2ccc(Cl)cc2)nc1. The molecule has 0 saturated heterocycles. The molecular weight excluding hydrogens is 438 g/mol. The number of halogens is 1. The Morgan fingerprint density at radius 1 is 1.00 bits per heavy atom. The molecule has 3 rings (SSSR count). The summed E-state index contributed by atoms with van der Waals surface area (Å²) in [4.78, 5) is 29.1. The normalized spacial score (nSPS) is 10.3. The molecule has 31 heavy (non-hydrogen) atoms. The highest BCUT2D eigenvalue weighted by molar-refractivity contribution is 7.98. The summed E-state index contributed by atoms with van der Waals surface area (Å²) < 4.78 is 10.4. The van der Waals surface area contributed by atoms with Gasteiger partial charge in [0, 0.05) is 10.8 Å². The summed E-state index contributed by atoms with van der Waals surface area (Å²) in [6.45, 7) is 0. The van der Waals surface area contributed by atoms with Crippen LogP contribution >= 0.6 is 23.4 Å². The smallest absolute Gasteiger partial charge is 0.326 e. The first-order chi connectivity index (χ1) is 15.0. The van der Waals surface area contributed by atoms with Crippen LogP contribution in [0, 0.1) is 0 Å². The van der Waals surface area contributed by atoms with E-state index in [9.17, 15) is 9.59 Å². The van der Waals surface area contributed by atoms with E-state index in [1.807, 2.05) is 24.3 Å². The van der Waals surface area contributed by atoms with Crippen LogP contribution in [0.5, 0.6) is 11.5 Å². The molecule has 3 amide bonds. The van der Waals surface area contributed by atoms with Crippen LogP contribution in [0.1, 0.15) is 15.9 Å². The topological polar surface area (TPSA) is 89.5 Å². The lowest BCUT2D eigenvalue weighted by Gasteiger charge is -2.13. The zero-order valence-electron chi connectivity index (χ0n) is 16.8. The van der Waals surface area contributed by atoms with Crippen molar-refractivity contribution in [3.8, 4) is 11.5 Å². The number of aromatic nitrogens is 1. The van der Waals surface area contributed by atoms with Crippen molar-refractivity contribution in [2.75, 3.05) is 19.5 Å². The number of pyridine rings is 1. The summed E-state index contributed by atoms with van der Waals surface area (Å²) in [5.41, 5.74) is 1.71. The Labute approximate surface area is 189 Å². The highest BCUT2D eigenvalue weighted by atomic mass is 35.5. The second-order valence-corrected chi connectivity index (χ2v) is 7.68. The van der Waals surface area contributed by atoms with Crippen molar-refractivity contribution in [2.45, 2.75) is 10.8 Å². The van der Waals surface area contributed by atoms with E-state index in [4.69, 9.17) is 21.1 Å². The molecule has 3 aromatic rings. The van der Waals surface area contributed by atoms with Crippen LogP contribution in [0.15, 0.2) is 65.8 Å². The van der Waals surface area contributed by atoms with E-state index in [0.29, 0.717) is 22.2 Å². The number of methoxy groups -OCH3 is 2. The van der Waals surface area contributed by atoms with Crippen molar-refractivity contribution in [1.82, 2.24) is 10.3 Å². The molecule has 0 aliphatic rings. The van der Waals surface area contributed by atoms with Gasteiger partial charge in [-0.15, -0.1) is 11.8 Å². The van der Waals surface area contributed by atoms with E-state index in [1.54, 1.807) is 42.1 Å². The number of anilines is 1. The molecule has 0 spiro atoms. The molecule has 2 N–H and O–H groups in total. The summed E-state index contributed by atoms with van der Waals surface area (Å²) in [6, 6.07) is 15.3. The summed E-state index contributed by atoms with van der Waals surface area (Å²) in [6.07, 6.45) is 1.53. The standard InChI is InChI=1S/C22H20ClN3O4S/c1-29-17-4-3-5-18(30-2)20(17)21(27)26-22(28)25-16-10-11-19(24-12-16)31-13-14-6-8-15(23)9-7-14/h3-12H,13H2,1-2H3,(H2,25,26,27,28). The number of imide groups is 1. The Hall–Kier alpha value is -3.23. The maximum atomic E-state index is 12.5. The van der Waals surface area contributed by atoms with E-state index < -0.39 is 11.9 Å². The van der Waals surface area contributed by atoms with Gasteiger partial charge < -0.3 is 14.8 Å². The lowest BCUT2D eigenvalue weighted by molar-refractivity contribution is 0.0961. The molecule has 2 aromatic carbocycles. The molecule has 0 aliphatic heterocycles. The van der Waals surface area contributed by atoms with Crippen LogP contribution in [0.2, 0.25) is 5.02 Å². The van der Waals surface area contributed by atoms with Gasteiger partial charge >= 0.3 is 6.03 Å². The minimum Gasteiger partial charge on any atom is -0.496 e. The fourth-order valence-electron chi connectivity index (χ4n) is 2.68. The monoisotopic (exact) mass is 457 g/mol. The number of thioether (sulfide) groups is 1. The third kappa shape index (κ3) is 6.13. The Morgan fingerprint density at radius 2 is 1.68 bits per heavy atom. The number of nitrogens with one attached hydrogen (secondary N) is 2. The van der Waals surface area contributed by atoms with Crippen molar-refractivity contribution in [2.24, 2.45) is 0 Å². The van der Waals surface area contributed by atoms with E-state index in [-0.39, 0.29) is 5.56 Å². The first kappa shape index (κ1) is 22.5. The number of urea groups is 1. The molecule has 7 nitrogen and oxygen atoms in total. The molecule has 0 atom stereocenters. The predicted molar refractivity (Wildman–Crippen MR) is 121 cm³/mol. The van der Waals surface area contributed by atoms with Crippen molar-refractivity contribution in [3.63, 3.8) is 0 Å². The molecule has 0 fully saturated rings. The van der Waals surface area contributed by atoms with Gasteiger partial charge in [0.05, 0.1) is 31.1 Å². The largest absolute Gasteiger partial charge is 0.496 e. The maximum absolute atomic E-state index is 12.5. The Balaban J connectivity index is 1.57. The second kappa shape index (κ2) is 10.7. The number of amides is 3. The summed E-state index contributed by atoms with van der Waals surface area (Å²) in [5.74, 6) is 0.698. The molecule has 0 saturated carbocycles. The maximum Gasteiger partial charge on any atom is 0.326 e. The summed E-state index contributed by atoms with van der Waals surface area (Å²) in [5, 5.41) is 6.35. The zero-order valence-corrected chi connectivity index (χ0v) is 18.4. The first-order valence-electron chi connectivity index (χ1n) is 9.16. The molecule has 9 heteroatoms. The van der Waals surface area contributed by atoms with Crippen LogP contribution in [-0.4, -0.2) is 31.1 Å². The van der Waals surface area contributed by atoms with Gasteiger partial charge in [-0.05, 0) is 42.0 Å². The zero-order chi connectivity index (χ0) is 22.2. The van der Waals surface area contributed by atoms with Gasteiger partial charge in [0.25, 0.3) is 5.91 Å². The van der Waals surface area contributed by atoms with Crippen LogP contribution in [0.25, 0.3) is 0 Å². The van der Waals surface area contributed by atoms with Gasteiger partial charge in [-0.1, -0.05) is 29.8 Å². The van der Waals surface area contributed by atoms with E-state index in [1.165, 1.54) is 20.4 Å². The minimum atomic E-state index is -0.693. The first-order valence-corrected chi connectivity index (χ1v) is 10.5. The molecule has 0 aliphatic carbocycles. The molecule has 160 valence electrons. The van der Waals surface area contributed by atoms with Crippen molar-refractivity contribution in [1.29, 1.82) is 0 Å². The Bertz CT molecular complexity index is 1040. The van der Waals surface area contributed by atoms with Gasteiger partial charge in [-0.3, -0.25) is 10.1 Å².